The number of hydrogen-bond donors (Lipinski definition) is 1. The minimum Gasteiger partial charge on any atom is -0.488 e. The molecule has 0 spiro atoms. The van der Waals surface area contributed by atoms with E-state index < -0.39 is 0 Å². The van der Waals surface area contributed by atoms with Gasteiger partial charge in [0.05, 0.1) is 11.8 Å². The number of pyridine rings is 1. The number of carbonyl (C=O) groups is 1. The fourth-order valence-corrected chi connectivity index (χ4v) is 2.68. The van der Waals surface area contributed by atoms with Crippen LogP contribution in [0.4, 0.5) is 0 Å². The van der Waals surface area contributed by atoms with Crippen molar-refractivity contribution in [2.75, 3.05) is 0 Å². The van der Waals surface area contributed by atoms with Crippen LogP contribution in [-0.4, -0.2) is 17.1 Å². The molecule has 0 saturated heterocycles. The first-order valence-electron chi connectivity index (χ1n) is 7.92. The number of para-hydroxylation sites is 1. The van der Waals surface area contributed by atoms with E-state index in [0.29, 0.717) is 17.9 Å². The lowest BCUT2D eigenvalue weighted by molar-refractivity contribution is 0.0954. The van der Waals surface area contributed by atoms with Gasteiger partial charge in [-0.15, -0.1) is 0 Å². The summed E-state index contributed by atoms with van der Waals surface area (Å²) in [5.74, 6) is 0.369. The molecule has 0 radical (unpaired) electrons. The second kappa shape index (κ2) is 8.92. The Morgan fingerprint density at radius 3 is 2.85 bits per heavy atom. The lowest BCUT2D eigenvalue weighted by Gasteiger charge is -2.09. The summed E-state index contributed by atoms with van der Waals surface area (Å²) in [5.41, 5.74) is 4.76. The molecule has 0 aliphatic rings. The number of hydrazone groups is 1. The van der Waals surface area contributed by atoms with Gasteiger partial charge in [0.25, 0.3) is 5.91 Å². The molecule has 0 unspecified atom stereocenters. The summed E-state index contributed by atoms with van der Waals surface area (Å²) in [5, 5.41) is 4.01. The number of carbonyl (C=O) groups excluding carboxylic acids is 1. The summed E-state index contributed by atoms with van der Waals surface area (Å²) in [7, 11) is 0. The number of ether oxygens (including phenoxy) is 1. The molecule has 6 heteroatoms. The van der Waals surface area contributed by atoms with Gasteiger partial charge < -0.3 is 4.74 Å². The number of halogens is 1. The normalized spacial score (nSPS) is 10.7. The van der Waals surface area contributed by atoms with Crippen LogP contribution in [0.15, 0.2) is 82.6 Å². The molecule has 0 fully saturated rings. The lowest BCUT2D eigenvalue weighted by atomic mass is 10.2. The van der Waals surface area contributed by atoms with E-state index in [2.05, 4.69) is 31.4 Å². The molecule has 0 saturated carbocycles. The Balaban J connectivity index is 1.64. The minimum absolute atomic E-state index is 0.318. The van der Waals surface area contributed by atoms with Gasteiger partial charge in [0.15, 0.2) is 0 Å². The average molecular weight is 410 g/mol. The molecule has 2 aromatic carbocycles. The molecule has 0 aliphatic heterocycles. The first-order chi connectivity index (χ1) is 12.7. The molecule has 3 aromatic rings. The van der Waals surface area contributed by atoms with E-state index in [9.17, 15) is 4.79 Å². The van der Waals surface area contributed by atoms with Gasteiger partial charge in [-0.1, -0.05) is 40.2 Å². The quantitative estimate of drug-likeness (QED) is 0.490. The van der Waals surface area contributed by atoms with Crippen LogP contribution in [0.3, 0.4) is 0 Å². The van der Waals surface area contributed by atoms with E-state index in [1.54, 1.807) is 24.5 Å². The van der Waals surface area contributed by atoms with Crippen LogP contribution in [0.2, 0.25) is 0 Å². The van der Waals surface area contributed by atoms with Gasteiger partial charge in [0.2, 0.25) is 0 Å². The number of aromatic nitrogens is 1. The van der Waals surface area contributed by atoms with Crippen molar-refractivity contribution in [3.05, 3.63) is 94.2 Å². The van der Waals surface area contributed by atoms with Crippen molar-refractivity contribution in [1.29, 1.82) is 0 Å². The number of hydrogen-bond acceptors (Lipinski definition) is 4. The largest absolute Gasteiger partial charge is 0.488 e. The van der Waals surface area contributed by atoms with Gasteiger partial charge in [-0.3, -0.25) is 9.78 Å². The van der Waals surface area contributed by atoms with E-state index in [-0.39, 0.29) is 5.91 Å². The van der Waals surface area contributed by atoms with E-state index in [4.69, 9.17) is 4.74 Å². The Morgan fingerprint density at radius 1 is 1.15 bits per heavy atom. The highest BCUT2D eigenvalue weighted by atomic mass is 79.9. The lowest BCUT2D eigenvalue weighted by Crippen LogP contribution is -2.17. The van der Waals surface area contributed by atoms with E-state index in [0.717, 1.165) is 15.6 Å². The third-order valence-corrected chi connectivity index (χ3v) is 3.99. The highest BCUT2D eigenvalue weighted by molar-refractivity contribution is 9.10. The first-order valence-corrected chi connectivity index (χ1v) is 8.71. The van der Waals surface area contributed by atoms with Crippen LogP contribution in [0.25, 0.3) is 0 Å². The molecule has 26 heavy (non-hydrogen) atoms. The molecular formula is C20H16BrN3O2. The van der Waals surface area contributed by atoms with Crippen molar-refractivity contribution in [2.24, 2.45) is 5.10 Å². The predicted octanol–water partition coefficient (Wildman–Crippen LogP) is 4.19. The van der Waals surface area contributed by atoms with Crippen LogP contribution in [0.5, 0.6) is 5.75 Å². The first kappa shape index (κ1) is 17.8. The number of amides is 1. The number of nitrogens with one attached hydrogen (secondary N) is 1. The molecule has 1 amide bonds. The van der Waals surface area contributed by atoms with Crippen molar-refractivity contribution < 1.29 is 9.53 Å². The maximum Gasteiger partial charge on any atom is 0.272 e. The van der Waals surface area contributed by atoms with Crippen LogP contribution >= 0.6 is 15.9 Å². The summed E-state index contributed by atoms with van der Waals surface area (Å²) >= 11 is 3.45. The Bertz CT molecular complexity index is 914. The van der Waals surface area contributed by atoms with Crippen molar-refractivity contribution >= 4 is 28.1 Å². The molecule has 1 aromatic heterocycles. The minimum atomic E-state index is -0.318. The molecule has 1 heterocycles. The Labute approximate surface area is 159 Å². The van der Waals surface area contributed by atoms with Crippen molar-refractivity contribution in [3.63, 3.8) is 0 Å². The zero-order valence-electron chi connectivity index (χ0n) is 13.8. The smallest absolute Gasteiger partial charge is 0.272 e. The van der Waals surface area contributed by atoms with Gasteiger partial charge in [-0.25, -0.2) is 5.43 Å². The summed E-state index contributed by atoms with van der Waals surface area (Å²) in [6, 6.07) is 18.8. The van der Waals surface area contributed by atoms with Gasteiger partial charge >= 0.3 is 0 Å². The highest BCUT2D eigenvalue weighted by Gasteiger charge is 2.04. The van der Waals surface area contributed by atoms with Crippen LogP contribution < -0.4 is 10.2 Å². The maximum atomic E-state index is 12.0. The summed E-state index contributed by atoms with van der Waals surface area (Å²) in [6.45, 7) is 0.437. The summed E-state index contributed by atoms with van der Waals surface area (Å²) in [4.78, 5) is 15.9. The zero-order valence-corrected chi connectivity index (χ0v) is 15.4. The third kappa shape index (κ3) is 5.00. The van der Waals surface area contributed by atoms with Gasteiger partial charge in [0, 0.05) is 22.4 Å². The van der Waals surface area contributed by atoms with Crippen LogP contribution in [0, 0.1) is 0 Å². The van der Waals surface area contributed by atoms with Crippen molar-refractivity contribution in [1.82, 2.24) is 10.4 Å². The molecule has 130 valence electrons. The van der Waals surface area contributed by atoms with E-state index >= 15 is 0 Å². The molecular weight excluding hydrogens is 394 g/mol. The molecule has 0 aliphatic carbocycles. The molecule has 0 atom stereocenters. The monoisotopic (exact) mass is 409 g/mol. The fraction of sp³-hybridized carbons (Fsp3) is 0.0500. The van der Waals surface area contributed by atoms with Gasteiger partial charge in [-0.05, 0) is 42.0 Å². The average Bonchev–Trinajstić information content (AvgIpc) is 2.68. The van der Waals surface area contributed by atoms with Crippen molar-refractivity contribution in [2.45, 2.75) is 6.61 Å². The summed E-state index contributed by atoms with van der Waals surface area (Å²) in [6.07, 6.45) is 4.66. The van der Waals surface area contributed by atoms with Gasteiger partial charge in [0.1, 0.15) is 12.4 Å². The maximum absolute atomic E-state index is 12.0. The Morgan fingerprint density at radius 2 is 2.04 bits per heavy atom. The number of benzene rings is 2. The molecule has 3 rings (SSSR count). The van der Waals surface area contributed by atoms with Gasteiger partial charge in [-0.2, -0.15) is 5.10 Å². The second-order valence-corrected chi connectivity index (χ2v) is 6.31. The van der Waals surface area contributed by atoms with E-state index in [1.165, 1.54) is 6.20 Å². The Kier molecular flexibility index (Phi) is 6.11. The third-order valence-electron chi connectivity index (χ3n) is 3.50. The Hall–Kier alpha value is -2.99. The number of nitrogens with zero attached hydrogens (tertiary/aromatic N) is 2. The molecule has 1 N–H and O–H groups in total. The standard InChI is InChI=1S/C20H16BrN3O2/c21-18-8-3-5-15(11-18)14-26-19-9-2-1-6-16(19)13-23-24-20(25)17-7-4-10-22-12-17/h1-13H,14H2,(H,24,25). The SMILES string of the molecule is O=C(NN=Cc1ccccc1OCc1cccc(Br)c1)c1cccnc1. The molecule has 5 nitrogen and oxygen atoms in total. The zero-order chi connectivity index (χ0) is 18.2. The van der Waals surface area contributed by atoms with E-state index in [1.807, 2.05) is 48.5 Å². The highest BCUT2D eigenvalue weighted by Crippen LogP contribution is 2.19. The van der Waals surface area contributed by atoms with Crippen LogP contribution in [0.1, 0.15) is 21.5 Å². The fourth-order valence-electron chi connectivity index (χ4n) is 2.23. The number of rotatable bonds is 6. The molecule has 0 bridgehead atoms. The predicted molar refractivity (Wildman–Crippen MR) is 104 cm³/mol. The second-order valence-electron chi connectivity index (χ2n) is 5.40. The van der Waals surface area contributed by atoms with Crippen LogP contribution in [-0.2, 0) is 6.61 Å². The summed E-state index contributed by atoms with van der Waals surface area (Å²) < 4.78 is 6.89. The topological polar surface area (TPSA) is 63.6 Å². The van der Waals surface area contributed by atoms with Crippen molar-refractivity contribution in [3.8, 4) is 5.75 Å².